The number of methoxy groups -OCH3 is 1. The molecule has 4 heteroatoms. The SMILES string of the molecule is COc1ccc([C@@H]2NC[C@@H](c3ccc(N(C)C)cc3)c3c2[nH]c2ccccc32)cc1. The van der Waals surface area contributed by atoms with Crippen molar-refractivity contribution in [3.63, 3.8) is 0 Å². The molecule has 1 aliphatic rings. The molecule has 2 heterocycles. The number of nitrogens with one attached hydrogen (secondary N) is 2. The number of para-hydroxylation sites is 1. The van der Waals surface area contributed by atoms with Crippen LogP contribution in [-0.4, -0.2) is 32.7 Å². The van der Waals surface area contributed by atoms with E-state index >= 15 is 0 Å². The number of hydrogen-bond donors (Lipinski definition) is 2. The van der Waals surface area contributed by atoms with Gasteiger partial charge in [-0.25, -0.2) is 0 Å². The van der Waals surface area contributed by atoms with Gasteiger partial charge in [-0.05, 0) is 47.0 Å². The summed E-state index contributed by atoms with van der Waals surface area (Å²) in [6, 6.07) is 26.1. The molecule has 4 nitrogen and oxygen atoms in total. The summed E-state index contributed by atoms with van der Waals surface area (Å²) in [7, 11) is 5.86. The normalized spacial score (nSPS) is 18.2. The lowest BCUT2D eigenvalue weighted by Crippen LogP contribution is -2.34. The molecule has 0 radical (unpaired) electrons. The summed E-state index contributed by atoms with van der Waals surface area (Å²) in [6.07, 6.45) is 0. The van der Waals surface area contributed by atoms with E-state index in [0.717, 1.165) is 12.3 Å². The Labute approximate surface area is 177 Å². The van der Waals surface area contributed by atoms with Gasteiger partial charge >= 0.3 is 0 Å². The fraction of sp³-hybridized carbons (Fsp3) is 0.231. The first-order valence-corrected chi connectivity index (χ1v) is 10.4. The van der Waals surface area contributed by atoms with Crippen molar-refractivity contribution in [2.24, 2.45) is 0 Å². The monoisotopic (exact) mass is 397 g/mol. The number of hydrogen-bond acceptors (Lipinski definition) is 3. The standard InChI is InChI=1S/C26H27N3O/c1-29(2)19-12-8-17(9-13-19)22-16-27-25(18-10-14-20(30-3)15-11-18)26-24(22)21-6-4-5-7-23(21)28-26/h4-15,22,25,27-28H,16H2,1-3H3/t22-,25-/m0/s1. The van der Waals surface area contributed by atoms with Crippen LogP contribution in [0, 0.1) is 0 Å². The first-order chi connectivity index (χ1) is 14.7. The second kappa shape index (κ2) is 7.54. The third kappa shape index (κ3) is 3.14. The van der Waals surface area contributed by atoms with Crippen LogP contribution in [0.25, 0.3) is 10.9 Å². The highest BCUT2D eigenvalue weighted by molar-refractivity contribution is 5.86. The molecular formula is C26H27N3O. The molecule has 0 spiro atoms. The quantitative estimate of drug-likeness (QED) is 0.505. The van der Waals surface area contributed by atoms with E-state index < -0.39 is 0 Å². The van der Waals surface area contributed by atoms with E-state index in [1.807, 2.05) is 12.1 Å². The summed E-state index contributed by atoms with van der Waals surface area (Å²) in [5, 5.41) is 5.11. The van der Waals surface area contributed by atoms with Crippen molar-refractivity contribution >= 4 is 16.6 Å². The van der Waals surface area contributed by atoms with E-state index in [9.17, 15) is 0 Å². The molecule has 2 N–H and O–H groups in total. The molecule has 1 aliphatic heterocycles. The average Bonchev–Trinajstić information content (AvgIpc) is 3.18. The first kappa shape index (κ1) is 18.8. The lowest BCUT2D eigenvalue weighted by Gasteiger charge is -2.31. The molecule has 0 saturated carbocycles. The van der Waals surface area contributed by atoms with Crippen LogP contribution in [0.5, 0.6) is 5.75 Å². The Bertz CT molecular complexity index is 1160. The van der Waals surface area contributed by atoms with E-state index in [4.69, 9.17) is 4.74 Å². The van der Waals surface area contributed by atoms with Gasteiger partial charge in [0, 0.05) is 48.8 Å². The zero-order valence-electron chi connectivity index (χ0n) is 17.6. The topological polar surface area (TPSA) is 40.3 Å². The van der Waals surface area contributed by atoms with Gasteiger partial charge in [-0.2, -0.15) is 0 Å². The van der Waals surface area contributed by atoms with E-state index in [2.05, 4.69) is 90.0 Å². The molecule has 152 valence electrons. The summed E-state index contributed by atoms with van der Waals surface area (Å²) in [4.78, 5) is 5.86. The zero-order chi connectivity index (χ0) is 20.7. The van der Waals surface area contributed by atoms with Crippen LogP contribution in [0.2, 0.25) is 0 Å². The molecule has 5 rings (SSSR count). The number of ether oxygens (including phenoxy) is 1. The first-order valence-electron chi connectivity index (χ1n) is 10.4. The Morgan fingerprint density at radius 2 is 1.57 bits per heavy atom. The van der Waals surface area contributed by atoms with E-state index in [-0.39, 0.29) is 6.04 Å². The molecule has 0 unspecified atom stereocenters. The molecule has 30 heavy (non-hydrogen) atoms. The van der Waals surface area contributed by atoms with Gasteiger partial charge in [0.25, 0.3) is 0 Å². The fourth-order valence-corrected chi connectivity index (χ4v) is 4.60. The van der Waals surface area contributed by atoms with E-state index in [1.165, 1.54) is 39.0 Å². The summed E-state index contributed by atoms with van der Waals surface area (Å²) < 4.78 is 5.34. The second-order valence-corrected chi connectivity index (χ2v) is 8.15. The van der Waals surface area contributed by atoms with Crippen LogP contribution in [0.15, 0.2) is 72.8 Å². The third-order valence-corrected chi connectivity index (χ3v) is 6.20. The smallest absolute Gasteiger partial charge is 0.118 e. The Morgan fingerprint density at radius 3 is 2.27 bits per heavy atom. The van der Waals surface area contributed by atoms with Crippen molar-refractivity contribution in [3.8, 4) is 5.75 Å². The minimum Gasteiger partial charge on any atom is -0.497 e. The highest BCUT2D eigenvalue weighted by Crippen LogP contribution is 2.41. The van der Waals surface area contributed by atoms with Gasteiger partial charge in [0.15, 0.2) is 0 Å². The average molecular weight is 398 g/mol. The Kier molecular flexibility index (Phi) is 4.72. The largest absolute Gasteiger partial charge is 0.497 e. The molecule has 1 aromatic heterocycles. The van der Waals surface area contributed by atoms with Gasteiger partial charge in [-0.3, -0.25) is 0 Å². The number of aromatic nitrogens is 1. The third-order valence-electron chi connectivity index (χ3n) is 6.20. The maximum atomic E-state index is 5.34. The van der Waals surface area contributed by atoms with Crippen LogP contribution in [0.1, 0.15) is 34.3 Å². The van der Waals surface area contributed by atoms with Gasteiger partial charge in [0.2, 0.25) is 0 Å². The maximum Gasteiger partial charge on any atom is 0.118 e. The van der Waals surface area contributed by atoms with Crippen molar-refractivity contribution in [3.05, 3.63) is 95.2 Å². The molecule has 0 saturated heterocycles. The highest BCUT2D eigenvalue weighted by atomic mass is 16.5. The number of anilines is 1. The van der Waals surface area contributed by atoms with E-state index in [0.29, 0.717) is 5.92 Å². The second-order valence-electron chi connectivity index (χ2n) is 8.15. The van der Waals surface area contributed by atoms with Crippen LogP contribution in [-0.2, 0) is 0 Å². The van der Waals surface area contributed by atoms with Crippen molar-refractivity contribution in [2.45, 2.75) is 12.0 Å². The van der Waals surface area contributed by atoms with Crippen molar-refractivity contribution < 1.29 is 4.74 Å². The summed E-state index contributed by atoms with van der Waals surface area (Å²) in [5.41, 5.74) is 7.66. The van der Waals surface area contributed by atoms with Crippen LogP contribution in [0.3, 0.4) is 0 Å². The van der Waals surface area contributed by atoms with Gasteiger partial charge < -0.3 is 19.9 Å². The maximum absolute atomic E-state index is 5.34. The van der Waals surface area contributed by atoms with Crippen LogP contribution in [0.4, 0.5) is 5.69 Å². The van der Waals surface area contributed by atoms with Gasteiger partial charge in [0.1, 0.15) is 5.75 Å². The fourth-order valence-electron chi connectivity index (χ4n) is 4.60. The molecule has 0 bridgehead atoms. The van der Waals surface area contributed by atoms with Crippen molar-refractivity contribution in [1.29, 1.82) is 0 Å². The van der Waals surface area contributed by atoms with E-state index in [1.54, 1.807) is 7.11 Å². The molecule has 0 amide bonds. The Balaban J connectivity index is 1.61. The lowest BCUT2D eigenvalue weighted by molar-refractivity contribution is 0.414. The van der Waals surface area contributed by atoms with Crippen LogP contribution < -0.4 is 15.0 Å². The summed E-state index contributed by atoms with van der Waals surface area (Å²) >= 11 is 0. The number of nitrogens with zero attached hydrogens (tertiary/aromatic N) is 1. The molecular weight excluding hydrogens is 370 g/mol. The predicted molar refractivity (Wildman–Crippen MR) is 124 cm³/mol. The van der Waals surface area contributed by atoms with Gasteiger partial charge in [-0.1, -0.05) is 42.5 Å². The van der Waals surface area contributed by atoms with Gasteiger partial charge in [0.05, 0.1) is 13.2 Å². The Hall–Kier alpha value is -3.24. The number of rotatable bonds is 4. The number of fused-ring (bicyclic) bond motifs is 3. The number of aromatic amines is 1. The Morgan fingerprint density at radius 1 is 0.867 bits per heavy atom. The highest BCUT2D eigenvalue weighted by Gasteiger charge is 2.32. The summed E-state index contributed by atoms with van der Waals surface area (Å²) in [6.45, 7) is 0.896. The minimum absolute atomic E-state index is 0.135. The lowest BCUT2D eigenvalue weighted by atomic mass is 9.83. The molecule has 2 atom stereocenters. The molecule has 0 fully saturated rings. The molecule has 4 aromatic rings. The van der Waals surface area contributed by atoms with Crippen molar-refractivity contribution in [2.75, 3.05) is 32.6 Å². The number of benzene rings is 3. The van der Waals surface area contributed by atoms with Crippen LogP contribution >= 0.6 is 0 Å². The number of H-pyrrole nitrogens is 1. The minimum atomic E-state index is 0.135. The predicted octanol–water partition coefficient (Wildman–Crippen LogP) is 5.07. The van der Waals surface area contributed by atoms with Crippen molar-refractivity contribution in [1.82, 2.24) is 10.3 Å². The molecule has 0 aliphatic carbocycles. The summed E-state index contributed by atoms with van der Waals surface area (Å²) in [5.74, 6) is 1.19. The zero-order valence-corrected chi connectivity index (χ0v) is 17.6. The molecule has 3 aromatic carbocycles. The van der Waals surface area contributed by atoms with Gasteiger partial charge in [-0.15, -0.1) is 0 Å².